The largest absolute Gasteiger partial charge is 0.488 e. The van der Waals surface area contributed by atoms with Crippen LogP contribution in [-0.2, 0) is 13.2 Å². The van der Waals surface area contributed by atoms with E-state index in [4.69, 9.17) is 19.6 Å². The minimum atomic E-state index is -0.266. The number of aryl methyl sites for hydroxylation is 1. The predicted octanol–water partition coefficient (Wildman–Crippen LogP) is 7.27. The van der Waals surface area contributed by atoms with Crippen LogP contribution in [0, 0.1) is 6.92 Å². The summed E-state index contributed by atoms with van der Waals surface area (Å²) < 4.78 is 19.0. The molecule has 0 atom stereocenters. The number of anilines is 1. The van der Waals surface area contributed by atoms with Crippen molar-refractivity contribution in [3.05, 3.63) is 122 Å². The maximum Gasteiger partial charge on any atom is 0.235 e. The van der Waals surface area contributed by atoms with Crippen molar-refractivity contribution < 1.29 is 13.9 Å². The number of nitrogens with two attached hydrogens (primary N) is 1. The van der Waals surface area contributed by atoms with E-state index in [2.05, 4.69) is 15.9 Å². The van der Waals surface area contributed by atoms with Crippen LogP contribution in [0.25, 0.3) is 22.3 Å². The summed E-state index contributed by atoms with van der Waals surface area (Å²) in [5, 5.41) is 0.390. The Morgan fingerprint density at radius 2 is 1.47 bits per heavy atom. The molecule has 0 saturated heterocycles. The molecule has 0 radical (unpaired) electrons. The molecular formula is C30H24BrNO4. The first-order valence-electron chi connectivity index (χ1n) is 11.5. The van der Waals surface area contributed by atoms with Gasteiger partial charge in [-0.3, -0.25) is 4.79 Å². The lowest BCUT2D eigenvalue weighted by atomic mass is 10.1. The lowest BCUT2D eigenvalue weighted by molar-refractivity contribution is 0.297. The van der Waals surface area contributed by atoms with Gasteiger partial charge in [0.15, 0.2) is 11.3 Å². The molecular weight excluding hydrogens is 518 g/mol. The zero-order valence-corrected chi connectivity index (χ0v) is 21.2. The van der Waals surface area contributed by atoms with E-state index in [9.17, 15) is 4.79 Å². The second kappa shape index (κ2) is 10.3. The average molecular weight is 542 g/mol. The Bertz CT molecular complexity index is 1580. The third-order valence-electron chi connectivity index (χ3n) is 5.78. The lowest BCUT2D eigenvalue weighted by Gasteiger charge is -2.14. The first-order chi connectivity index (χ1) is 17.5. The highest BCUT2D eigenvalue weighted by Crippen LogP contribution is 2.37. The SMILES string of the molecule is Cc1cc(N)c2oc(-c3ccc(OCc4ccccc4)c(Br)c3)c(OCc3ccccc3)c(=O)c2c1. The van der Waals surface area contributed by atoms with Gasteiger partial charge in [-0.05, 0) is 69.9 Å². The second-order valence-corrected chi connectivity index (χ2v) is 9.37. The molecule has 0 aliphatic heterocycles. The molecule has 0 aliphatic carbocycles. The summed E-state index contributed by atoms with van der Waals surface area (Å²) in [6.07, 6.45) is 0. The van der Waals surface area contributed by atoms with Crippen molar-refractivity contribution in [2.75, 3.05) is 5.73 Å². The maximum absolute atomic E-state index is 13.6. The van der Waals surface area contributed by atoms with Gasteiger partial charge >= 0.3 is 0 Å². The van der Waals surface area contributed by atoms with Crippen LogP contribution >= 0.6 is 15.9 Å². The normalized spacial score (nSPS) is 10.9. The quantitative estimate of drug-likeness (QED) is 0.219. The summed E-state index contributed by atoms with van der Waals surface area (Å²) in [5.41, 5.74) is 10.3. The Balaban J connectivity index is 1.55. The fraction of sp³-hybridized carbons (Fsp3) is 0.100. The number of hydrogen-bond donors (Lipinski definition) is 1. The highest BCUT2D eigenvalue weighted by molar-refractivity contribution is 9.10. The number of benzene rings is 4. The molecule has 0 aliphatic rings. The van der Waals surface area contributed by atoms with Crippen LogP contribution in [0.1, 0.15) is 16.7 Å². The molecule has 1 aromatic heterocycles. The third-order valence-corrected chi connectivity index (χ3v) is 6.40. The Kier molecular flexibility index (Phi) is 6.78. The van der Waals surface area contributed by atoms with Gasteiger partial charge < -0.3 is 19.6 Å². The van der Waals surface area contributed by atoms with Gasteiger partial charge in [-0.15, -0.1) is 0 Å². The van der Waals surface area contributed by atoms with Gasteiger partial charge in [0.1, 0.15) is 19.0 Å². The molecule has 0 amide bonds. The van der Waals surface area contributed by atoms with Crippen LogP contribution < -0.4 is 20.6 Å². The maximum atomic E-state index is 13.6. The topological polar surface area (TPSA) is 74.7 Å². The minimum absolute atomic E-state index is 0.140. The van der Waals surface area contributed by atoms with Crippen molar-refractivity contribution in [1.82, 2.24) is 0 Å². The minimum Gasteiger partial charge on any atom is -0.488 e. The molecule has 5 aromatic rings. The predicted molar refractivity (Wildman–Crippen MR) is 146 cm³/mol. The highest BCUT2D eigenvalue weighted by Gasteiger charge is 2.20. The third kappa shape index (κ3) is 4.99. The Morgan fingerprint density at radius 3 is 2.11 bits per heavy atom. The Hall–Kier alpha value is -4.03. The van der Waals surface area contributed by atoms with Crippen molar-refractivity contribution >= 4 is 32.6 Å². The van der Waals surface area contributed by atoms with E-state index in [0.29, 0.717) is 40.3 Å². The van der Waals surface area contributed by atoms with Crippen molar-refractivity contribution in [1.29, 1.82) is 0 Å². The highest BCUT2D eigenvalue weighted by atomic mass is 79.9. The molecule has 0 fully saturated rings. The van der Waals surface area contributed by atoms with Gasteiger partial charge in [0, 0.05) is 5.56 Å². The van der Waals surface area contributed by atoms with Crippen LogP contribution in [-0.4, -0.2) is 0 Å². The molecule has 0 unspecified atom stereocenters. The zero-order chi connectivity index (χ0) is 25.1. The van der Waals surface area contributed by atoms with E-state index in [0.717, 1.165) is 21.2 Å². The van der Waals surface area contributed by atoms with Crippen molar-refractivity contribution in [3.63, 3.8) is 0 Å². The van der Waals surface area contributed by atoms with Crippen LogP contribution in [0.4, 0.5) is 5.69 Å². The molecule has 2 N–H and O–H groups in total. The fourth-order valence-corrected chi connectivity index (χ4v) is 4.50. The van der Waals surface area contributed by atoms with Crippen LogP contribution in [0.2, 0.25) is 0 Å². The molecule has 0 spiro atoms. The molecule has 36 heavy (non-hydrogen) atoms. The van der Waals surface area contributed by atoms with E-state index >= 15 is 0 Å². The van der Waals surface area contributed by atoms with E-state index < -0.39 is 0 Å². The monoisotopic (exact) mass is 541 g/mol. The van der Waals surface area contributed by atoms with E-state index in [-0.39, 0.29) is 17.8 Å². The number of rotatable bonds is 7. The van der Waals surface area contributed by atoms with Crippen molar-refractivity contribution in [2.24, 2.45) is 0 Å². The summed E-state index contributed by atoms with van der Waals surface area (Å²) in [5.74, 6) is 1.13. The summed E-state index contributed by atoms with van der Waals surface area (Å²) in [6.45, 7) is 2.55. The number of ether oxygens (including phenoxy) is 2. The van der Waals surface area contributed by atoms with Crippen LogP contribution in [0.3, 0.4) is 0 Å². The Labute approximate surface area is 217 Å². The van der Waals surface area contributed by atoms with Gasteiger partial charge in [0.05, 0.1) is 15.5 Å². The molecule has 0 saturated carbocycles. The summed E-state index contributed by atoms with van der Waals surface area (Å²) in [6, 6.07) is 28.7. The molecule has 4 aromatic carbocycles. The second-order valence-electron chi connectivity index (χ2n) is 8.51. The summed E-state index contributed by atoms with van der Waals surface area (Å²) >= 11 is 3.60. The summed E-state index contributed by atoms with van der Waals surface area (Å²) in [4.78, 5) is 13.6. The number of nitrogen functional groups attached to an aromatic ring is 1. The molecule has 1 heterocycles. The van der Waals surface area contributed by atoms with E-state index in [1.807, 2.05) is 85.8 Å². The zero-order valence-electron chi connectivity index (χ0n) is 19.7. The van der Waals surface area contributed by atoms with Crippen LogP contribution in [0.15, 0.2) is 105 Å². The Morgan fingerprint density at radius 1 is 0.833 bits per heavy atom. The molecule has 180 valence electrons. The van der Waals surface area contributed by atoms with Gasteiger partial charge in [-0.2, -0.15) is 0 Å². The molecule has 6 heteroatoms. The molecule has 0 bridgehead atoms. The van der Waals surface area contributed by atoms with Gasteiger partial charge in [-0.1, -0.05) is 60.7 Å². The van der Waals surface area contributed by atoms with Gasteiger partial charge in [-0.25, -0.2) is 0 Å². The van der Waals surface area contributed by atoms with Crippen molar-refractivity contribution in [2.45, 2.75) is 20.1 Å². The molecule has 5 rings (SSSR count). The first-order valence-corrected chi connectivity index (χ1v) is 12.3. The lowest BCUT2D eigenvalue weighted by Crippen LogP contribution is -2.11. The fourth-order valence-electron chi connectivity index (χ4n) is 4.00. The van der Waals surface area contributed by atoms with Crippen LogP contribution in [0.5, 0.6) is 11.5 Å². The molecule has 5 nitrogen and oxygen atoms in total. The number of halogens is 1. The average Bonchev–Trinajstić information content (AvgIpc) is 2.89. The smallest absolute Gasteiger partial charge is 0.235 e. The summed E-state index contributed by atoms with van der Waals surface area (Å²) in [7, 11) is 0. The van der Waals surface area contributed by atoms with Crippen molar-refractivity contribution in [3.8, 4) is 22.8 Å². The number of hydrogen-bond acceptors (Lipinski definition) is 5. The number of fused-ring (bicyclic) bond motifs is 1. The first kappa shape index (κ1) is 23.7. The van der Waals surface area contributed by atoms with Gasteiger partial charge in [0.2, 0.25) is 11.2 Å². The standard InChI is InChI=1S/C30H24BrNO4/c1-19-14-23-27(33)30(35-18-21-10-6-3-7-11-21)28(36-29(23)25(32)15-19)22-12-13-26(24(31)16-22)34-17-20-8-4-2-5-9-20/h2-16H,17-18,32H2,1H3. The van der Waals surface area contributed by atoms with Gasteiger partial charge in [0.25, 0.3) is 0 Å². The van der Waals surface area contributed by atoms with E-state index in [1.165, 1.54) is 0 Å². The van der Waals surface area contributed by atoms with E-state index in [1.54, 1.807) is 12.1 Å².